The van der Waals surface area contributed by atoms with Crippen molar-refractivity contribution in [3.05, 3.63) is 34.3 Å². The van der Waals surface area contributed by atoms with E-state index in [1.165, 1.54) is 18.4 Å². The van der Waals surface area contributed by atoms with Gasteiger partial charge in [0.1, 0.15) is 0 Å². The van der Waals surface area contributed by atoms with Crippen LogP contribution >= 0.6 is 15.9 Å². The molecule has 108 valence electrons. The molecule has 1 aromatic rings. The minimum atomic E-state index is 0.0773. The Morgan fingerprint density at radius 1 is 1.30 bits per heavy atom. The number of urea groups is 1. The van der Waals surface area contributed by atoms with Gasteiger partial charge in [0.2, 0.25) is 0 Å². The Hall–Kier alpha value is -1.07. The van der Waals surface area contributed by atoms with Crippen LogP contribution in [0.2, 0.25) is 0 Å². The van der Waals surface area contributed by atoms with Crippen LogP contribution in [0.15, 0.2) is 28.7 Å². The van der Waals surface area contributed by atoms with Crippen molar-refractivity contribution in [2.45, 2.75) is 18.9 Å². The Kier molecular flexibility index (Phi) is 4.27. The summed E-state index contributed by atoms with van der Waals surface area (Å²) in [5.74, 6) is 0.642. The molecule has 4 nitrogen and oxygen atoms in total. The molecule has 3 rings (SSSR count). The van der Waals surface area contributed by atoms with Crippen molar-refractivity contribution in [3.63, 3.8) is 0 Å². The van der Waals surface area contributed by atoms with E-state index in [1.54, 1.807) is 0 Å². The van der Waals surface area contributed by atoms with Gasteiger partial charge in [0.05, 0.1) is 6.04 Å². The Morgan fingerprint density at radius 2 is 2.10 bits per heavy atom. The van der Waals surface area contributed by atoms with Gasteiger partial charge in [-0.15, -0.1) is 0 Å². The molecule has 2 saturated heterocycles. The monoisotopic (exact) mass is 337 g/mol. The second kappa shape index (κ2) is 6.14. The lowest BCUT2D eigenvalue weighted by atomic mass is 9.97. The van der Waals surface area contributed by atoms with Crippen LogP contribution in [0.25, 0.3) is 0 Å². The zero-order chi connectivity index (χ0) is 13.9. The van der Waals surface area contributed by atoms with Crippen LogP contribution in [0.5, 0.6) is 0 Å². The van der Waals surface area contributed by atoms with Gasteiger partial charge in [0, 0.05) is 17.6 Å². The van der Waals surface area contributed by atoms with Crippen LogP contribution in [0, 0.1) is 5.92 Å². The number of rotatable bonds is 3. The number of nitrogens with one attached hydrogen (secondary N) is 2. The molecule has 2 amide bonds. The van der Waals surface area contributed by atoms with Gasteiger partial charge in [0.15, 0.2) is 0 Å². The molecule has 1 unspecified atom stereocenters. The molecule has 2 aliphatic heterocycles. The molecule has 0 bridgehead atoms. The number of amides is 2. The summed E-state index contributed by atoms with van der Waals surface area (Å²) in [5.41, 5.74) is 1.17. The van der Waals surface area contributed by atoms with E-state index in [9.17, 15) is 4.79 Å². The van der Waals surface area contributed by atoms with E-state index in [0.717, 1.165) is 30.7 Å². The minimum Gasteiger partial charge on any atom is -0.329 e. The van der Waals surface area contributed by atoms with Crippen molar-refractivity contribution in [1.29, 1.82) is 0 Å². The Bertz CT molecular complexity index is 488. The van der Waals surface area contributed by atoms with E-state index in [2.05, 4.69) is 38.7 Å². The lowest BCUT2D eigenvalue weighted by molar-refractivity contribution is 0.201. The number of carbonyl (C=O) groups is 1. The van der Waals surface area contributed by atoms with Crippen molar-refractivity contribution >= 4 is 22.0 Å². The quantitative estimate of drug-likeness (QED) is 0.890. The SMILES string of the molecule is O=C1NC(c2cccc(Br)c2)CN1CC1CCNCC1. The van der Waals surface area contributed by atoms with Crippen molar-refractivity contribution in [2.75, 3.05) is 26.2 Å². The van der Waals surface area contributed by atoms with Crippen LogP contribution in [-0.2, 0) is 0 Å². The number of nitrogens with zero attached hydrogens (tertiary/aromatic N) is 1. The third-order valence-corrected chi connectivity index (χ3v) is 4.67. The van der Waals surface area contributed by atoms with Crippen LogP contribution in [0.4, 0.5) is 4.79 Å². The molecule has 0 saturated carbocycles. The molecule has 2 aliphatic rings. The molecule has 0 aliphatic carbocycles. The standard InChI is InChI=1S/C15H20BrN3O/c16-13-3-1-2-12(8-13)14-10-19(15(20)18-14)9-11-4-6-17-7-5-11/h1-3,8,11,14,17H,4-7,9-10H2,(H,18,20). The van der Waals surface area contributed by atoms with Crippen LogP contribution in [-0.4, -0.2) is 37.1 Å². The topological polar surface area (TPSA) is 44.4 Å². The molecule has 0 spiro atoms. The number of hydrogen-bond donors (Lipinski definition) is 2. The molecular formula is C15H20BrN3O. The van der Waals surface area contributed by atoms with Crippen molar-refractivity contribution in [3.8, 4) is 0 Å². The van der Waals surface area contributed by atoms with E-state index in [-0.39, 0.29) is 12.1 Å². The van der Waals surface area contributed by atoms with Crippen LogP contribution in [0.3, 0.4) is 0 Å². The van der Waals surface area contributed by atoms with Gasteiger partial charge >= 0.3 is 6.03 Å². The molecule has 0 radical (unpaired) electrons. The zero-order valence-electron chi connectivity index (χ0n) is 11.4. The lowest BCUT2D eigenvalue weighted by Gasteiger charge is -2.26. The maximum absolute atomic E-state index is 12.1. The fourth-order valence-corrected chi connectivity index (χ4v) is 3.45. The summed E-state index contributed by atoms with van der Waals surface area (Å²) < 4.78 is 1.06. The predicted octanol–water partition coefficient (Wildman–Crippen LogP) is 2.52. The number of halogens is 1. The molecule has 1 atom stereocenters. The molecule has 2 N–H and O–H groups in total. The first kappa shape index (κ1) is 13.9. The molecule has 2 heterocycles. The van der Waals surface area contributed by atoms with E-state index in [0.29, 0.717) is 5.92 Å². The number of carbonyl (C=O) groups excluding carboxylic acids is 1. The summed E-state index contributed by atoms with van der Waals surface area (Å²) in [5, 5.41) is 6.45. The number of benzene rings is 1. The van der Waals surface area contributed by atoms with E-state index in [4.69, 9.17) is 0 Å². The first-order valence-corrected chi connectivity index (χ1v) is 8.03. The summed E-state index contributed by atoms with van der Waals surface area (Å²) >= 11 is 3.49. The van der Waals surface area contributed by atoms with Crippen molar-refractivity contribution in [2.24, 2.45) is 5.92 Å². The molecule has 5 heteroatoms. The lowest BCUT2D eigenvalue weighted by Crippen LogP contribution is -2.37. The highest BCUT2D eigenvalue weighted by Crippen LogP contribution is 2.24. The van der Waals surface area contributed by atoms with Gasteiger partial charge in [-0.2, -0.15) is 0 Å². The van der Waals surface area contributed by atoms with Gasteiger partial charge in [-0.05, 0) is 49.5 Å². The fraction of sp³-hybridized carbons (Fsp3) is 0.533. The number of piperidine rings is 1. The third kappa shape index (κ3) is 3.15. The minimum absolute atomic E-state index is 0.0773. The van der Waals surface area contributed by atoms with E-state index >= 15 is 0 Å². The first-order chi connectivity index (χ1) is 9.72. The summed E-state index contributed by atoms with van der Waals surface area (Å²) in [7, 11) is 0. The molecule has 1 aromatic carbocycles. The summed E-state index contributed by atoms with van der Waals surface area (Å²) in [6.07, 6.45) is 2.34. The zero-order valence-corrected chi connectivity index (χ0v) is 13.0. The summed E-state index contributed by atoms with van der Waals surface area (Å²) in [6.45, 7) is 3.82. The number of hydrogen-bond acceptors (Lipinski definition) is 2. The van der Waals surface area contributed by atoms with Crippen molar-refractivity contribution < 1.29 is 4.79 Å². The van der Waals surface area contributed by atoms with Gasteiger partial charge in [-0.1, -0.05) is 28.1 Å². The first-order valence-electron chi connectivity index (χ1n) is 7.24. The Morgan fingerprint density at radius 3 is 2.85 bits per heavy atom. The predicted molar refractivity (Wildman–Crippen MR) is 82.6 cm³/mol. The second-order valence-electron chi connectivity index (χ2n) is 5.66. The van der Waals surface area contributed by atoms with Crippen LogP contribution < -0.4 is 10.6 Å². The molecular weight excluding hydrogens is 318 g/mol. The Balaban J connectivity index is 1.62. The second-order valence-corrected chi connectivity index (χ2v) is 6.57. The molecule has 0 aromatic heterocycles. The van der Waals surface area contributed by atoms with Crippen LogP contribution in [0.1, 0.15) is 24.4 Å². The highest BCUT2D eigenvalue weighted by molar-refractivity contribution is 9.10. The van der Waals surface area contributed by atoms with Gasteiger partial charge in [-0.25, -0.2) is 4.79 Å². The van der Waals surface area contributed by atoms with Gasteiger partial charge in [0.25, 0.3) is 0 Å². The highest BCUT2D eigenvalue weighted by atomic mass is 79.9. The molecule has 2 fully saturated rings. The Labute approximate surface area is 128 Å². The summed E-state index contributed by atoms with van der Waals surface area (Å²) in [4.78, 5) is 14.1. The maximum Gasteiger partial charge on any atom is 0.318 e. The van der Waals surface area contributed by atoms with Gasteiger partial charge in [-0.3, -0.25) is 0 Å². The fourth-order valence-electron chi connectivity index (χ4n) is 3.03. The highest BCUT2D eigenvalue weighted by Gasteiger charge is 2.31. The smallest absolute Gasteiger partial charge is 0.318 e. The molecule has 20 heavy (non-hydrogen) atoms. The average Bonchev–Trinajstić information content (AvgIpc) is 2.81. The largest absolute Gasteiger partial charge is 0.329 e. The maximum atomic E-state index is 12.1. The van der Waals surface area contributed by atoms with E-state index in [1.807, 2.05) is 17.0 Å². The summed E-state index contributed by atoms with van der Waals surface area (Å²) in [6, 6.07) is 8.37. The average molecular weight is 338 g/mol. The van der Waals surface area contributed by atoms with Crippen molar-refractivity contribution in [1.82, 2.24) is 15.5 Å². The van der Waals surface area contributed by atoms with E-state index < -0.39 is 0 Å². The third-order valence-electron chi connectivity index (χ3n) is 4.18. The normalized spacial score (nSPS) is 23.9. The van der Waals surface area contributed by atoms with Gasteiger partial charge < -0.3 is 15.5 Å².